The van der Waals surface area contributed by atoms with Crippen molar-refractivity contribution >= 4 is 27.3 Å². The Bertz CT molecular complexity index is 337. The minimum Gasteiger partial charge on any atom is -0.397 e. The van der Waals surface area contributed by atoms with Crippen LogP contribution in [0.4, 0.5) is 11.4 Å². The summed E-state index contributed by atoms with van der Waals surface area (Å²) in [6, 6.07) is 6.05. The Morgan fingerprint density at radius 3 is 2.62 bits per heavy atom. The molecule has 3 heteroatoms. The molecule has 0 saturated carbocycles. The summed E-state index contributed by atoms with van der Waals surface area (Å²) in [6.07, 6.45) is 2.48. The van der Waals surface area contributed by atoms with Crippen molar-refractivity contribution in [3.63, 3.8) is 0 Å². The van der Waals surface area contributed by atoms with Gasteiger partial charge in [-0.15, -0.1) is 0 Å². The van der Waals surface area contributed by atoms with Crippen LogP contribution in [0.3, 0.4) is 0 Å². The lowest BCUT2D eigenvalue weighted by Crippen LogP contribution is -2.20. The lowest BCUT2D eigenvalue weighted by atomic mass is 10.1. The van der Waals surface area contributed by atoms with Crippen LogP contribution in [-0.4, -0.2) is 13.6 Å². The molecule has 0 aliphatic rings. The maximum Gasteiger partial charge on any atom is 0.0598 e. The van der Waals surface area contributed by atoms with E-state index in [4.69, 9.17) is 5.73 Å². The molecular weight excluding hydrogens is 264 g/mol. The maximum absolute atomic E-state index is 5.98. The van der Waals surface area contributed by atoms with E-state index in [2.05, 4.69) is 47.8 Å². The van der Waals surface area contributed by atoms with Crippen LogP contribution in [0.15, 0.2) is 22.7 Å². The maximum atomic E-state index is 5.98. The molecule has 2 N–H and O–H groups in total. The Hall–Kier alpha value is -0.700. The summed E-state index contributed by atoms with van der Waals surface area (Å²) in [5.41, 5.74) is 7.93. The number of benzene rings is 1. The van der Waals surface area contributed by atoms with Gasteiger partial charge in [-0.2, -0.15) is 0 Å². The average Bonchev–Trinajstić information content (AvgIpc) is 2.16. The van der Waals surface area contributed by atoms with E-state index < -0.39 is 0 Å². The number of hydrogen-bond acceptors (Lipinski definition) is 2. The van der Waals surface area contributed by atoms with E-state index in [0.29, 0.717) is 0 Å². The Morgan fingerprint density at radius 1 is 1.38 bits per heavy atom. The Labute approximate surface area is 107 Å². The fourth-order valence-electron chi connectivity index (χ4n) is 1.73. The highest BCUT2D eigenvalue weighted by atomic mass is 79.9. The first-order valence-electron chi connectivity index (χ1n) is 5.77. The van der Waals surface area contributed by atoms with Crippen molar-refractivity contribution in [2.75, 3.05) is 24.2 Å². The van der Waals surface area contributed by atoms with E-state index in [1.165, 1.54) is 12.8 Å². The predicted octanol–water partition coefficient (Wildman–Crippen LogP) is 3.90. The third-order valence-corrected chi connectivity index (χ3v) is 3.17. The number of hydrogen-bond donors (Lipinski definition) is 1. The van der Waals surface area contributed by atoms with Crippen LogP contribution in [0.1, 0.15) is 26.7 Å². The molecule has 0 atom stereocenters. The molecule has 2 nitrogen and oxygen atoms in total. The Kier molecular flexibility index (Phi) is 5.13. The van der Waals surface area contributed by atoms with Gasteiger partial charge in [0, 0.05) is 18.1 Å². The van der Waals surface area contributed by atoms with Crippen LogP contribution in [0.25, 0.3) is 0 Å². The van der Waals surface area contributed by atoms with Crippen molar-refractivity contribution < 1.29 is 0 Å². The molecule has 1 aromatic carbocycles. The van der Waals surface area contributed by atoms with Crippen molar-refractivity contribution in [3.05, 3.63) is 22.7 Å². The number of nitrogen functional groups attached to an aromatic ring is 1. The van der Waals surface area contributed by atoms with Gasteiger partial charge in [0.1, 0.15) is 0 Å². The molecule has 0 bridgehead atoms. The number of rotatable bonds is 5. The number of halogens is 1. The van der Waals surface area contributed by atoms with E-state index in [1.54, 1.807) is 0 Å². The third kappa shape index (κ3) is 4.05. The molecule has 0 aliphatic carbocycles. The lowest BCUT2D eigenvalue weighted by molar-refractivity contribution is 0.556. The fourth-order valence-corrected chi connectivity index (χ4v) is 2.11. The summed E-state index contributed by atoms with van der Waals surface area (Å²) in [6.45, 7) is 5.58. The third-order valence-electron chi connectivity index (χ3n) is 2.68. The van der Waals surface area contributed by atoms with Crippen LogP contribution >= 0.6 is 15.9 Å². The van der Waals surface area contributed by atoms with Crippen molar-refractivity contribution in [1.82, 2.24) is 0 Å². The van der Waals surface area contributed by atoms with E-state index in [-0.39, 0.29) is 0 Å². The molecule has 0 saturated heterocycles. The Balaban J connectivity index is 2.55. The van der Waals surface area contributed by atoms with Gasteiger partial charge < -0.3 is 10.6 Å². The van der Waals surface area contributed by atoms with Crippen LogP contribution in [-0.2, 0) is 0 Å². The summed E-state index contributed by atoms with van der Waals surface area (Å²) in [7, 11) is 2.10. The van der Waals surface area contributed by atoms with Gasteiger partial charge in [-0.25, -0.2) is 0 Å². The Morgan fingerprint density at radius 2 is 2.06 bits per heavy atom. The molecule has 0 aromatic heterocycles. The number of anilines is 2. The minimum absolute atomic E-state index is 0.774. The summed E-state index contributed by atoms with van der Waals surface area (Å²) in [5.74, 6) is 0.774. The van der Waals surface area contributed by atoms with Gasteiger partial charge in [0.15, 0.2) is 0 Å². The first-order chi connectivity index (χ1) is 7.50. The molecule has 16 heavy (non-hydrogen) atoms. The zero-order valence-electron chi connectivity index (χ0n) is 10.3. The molecule has 0 heterocycles. The van der Waals surface area contributed by atoms with E-state index in [9.17, 15) is 0 Å². The number of nitrogens with two attached hydrogens (primary N) is 1. The van der Waals surface area contributed by atoms with Gasteiger partial charge in [-0.1, -0.05) is 29.8 Å². The molecule has 0 radical (unpaired) electrons. The van der Waals surface area contributed by atoms with Gasteiger partial charge >= 0.3 is 0 Å². The smallest absolute Gasteiger partial charge is 0.0598 e. The highest BCUT2D eigenvalue weighted by Gasteiger charge is 2.05. The van der Waals surface area contributed by atoms with Gasteiger partial charge in [0.05, 0.1) is 11.4 Å². The quantitative estimate of drug-likeness (QED) is 0.831. The molecule has 0 spiro atoms. The van der Waals surface area contributed by atoms with Gasteiger partial charge in [0.2, 0.25) is 0 Å². The molecule has 90 valence electrons. The SMILES string of the molecule is CC(C)CCCN(C)c1ccc(Br)cc1N. The molecular formula is C13H21BrN2. The van der Waals surface area contributed by atoms with Crippen LogP contribution in [0, 0.1) is 5.92 Å². The lowest BCUT2D eigenvalue weighted by Gasteiger charge is -2.21. The van der Waals surface area contributed by atoms with Crippen LogP contribution in [0.5, 0.6) is 0 Å². The summed E-state index contributed by atoms with van der Waals surface area (Å²) in [4.78, 5) is 2.23. The fraction of sp³-hybridized carbons (Fsp3) is 0.538. The number of nitrogens with zero attached hydrogens (tertiary/aromatic N) is 1. The van der Waals surface area contributed by atoms with Crippen molar-refractivity contribution in [2.45, 2.75) is 26.7 Å². The van der Waals surface area contributed by atoms with Gasteiger partial charge in [-0.3, -0.25) is 0 Å². The minimum atomic E-state index is 0.774. The second-order valence-electron chi connectivity index (χ2n) is 4.66. The molecule has 0 aliphatic heterocycles. The largest absolute Gasteiger partial charge is 0.397 e. The normalized spacial score (nSPS) is 10.8. The summed E-state index contributed by atoms with van der Waals surface area (Å²) < 4.78 is 1.03. The topological polar surface area (TPSA) is 29.3 Å². The van der Waals surface area contributed by atoms with Crippen molar-refractivity contribution in [3.8, 4) is 0 Å². The van der Waals surface area contributed by atoms with Crippen molar-refractivity contribution in [1.29, 1.82) is 0 Å². The summed E-state index contributed by atoms with van der Waals surface area (Å²) in [5, 5.41) is 0. The standard InChI is InChI=1S/C13H21BrN2/c1-10(2)5-4-8-16(3)13-7-6-11(14)9-12(13)15/h6-7,9-10H,4-5,8,15H2,1-3H3. The molecule has 0 fully saturated rings. The molecule has 0 amide bonds. The second kappa shape index (κ2) is 6.14. The molecule has 1 rings (SSSR count). The van der Waals surface area contributed by atoms with Crippen molar-refractivity contribution in [2.24, 2.45) is 5.92 Å². The van der Waals surface area contributed by atoms with E-state index >= 15 is 0 Å². The predicted molar refractivity (Wildman–Crippen MR) is 75.9 cm³/mol. The van der Waals surface area contributed by atoms with E-state index in [0.717, 1.165) is 28.3 Å². The van der Waals surface area contributed by atoms with Crippen LogP contribution in [0.2, 0.25) is 0 Å². The zero-order valence-corrected chi connectivity index (χ0v) is 11.9. The summed E-state index contributed by atoms with van der Waals surface area (Å²) >= 11 is 3.42. The highest BCUT2D eigenvalue weighted by molar-refractivity contribution is 9.10. The first-order valence-corrected chi connectivity index (χ1v) is 6.56. The average molecular weight is 285 g/mol. The monoisotopic (exact) mass is 284 g/mol. The van der Waals surface area contributed by atoms with Gasteiger partial charge in [0.25, 0.3) is 0 Å². The molecule has 0 unspecified atom stereocenters. The highest BCUT2D eigenvalue weighted by Crippen LogP contribution is 2.26. The molecule has 1 aromatic rings. The second-order valence-corrected chi connectivity index (χ2v) is 5.58. The first kappa shape index (κ1) is 13.4. The zero-order chi connectivity index (χ0) is 12.1. The van der Waals surface area contributed by atoms with Crippen LogP contribution < -0.4 is 10.6 Å². The van der Waals surface area contributed by atoms with E-state index in [1.807, 2.05) is 12.1 Å². The van der Waals surface area contributed by atoms with Gasteiger partial charge in [-0.05, 0) is 37.0 Å².